The summed E-state index contributed by atoms with van der Waals surface area (Å²) in [5.74, 6) is 0.654. The highest BCUT2D eigenvalue weighted by atomic mass is 35.5. The molecule has 0 fully saturated rings. The molecule has 0 spiro atoms. The van der Waals surface area contributed by atoms with Crippen molar-refractivity contribution in [3.63, 3.8) is 0 Å². The molecule has 104 valence electrons. The smallest absolute Gasteiger partial charge is 0.121 e. The van der Waals surface area contributed by atoms with Crippen molar-refractivity contribution in [1.29, 1.82) is 0 Å². The Morgan fingerprint density at radius 3 is 2.35 bits per heavy atom. The number of thiocarbonyl (C=S) groups is 1. The third-order valence-corrected chi connectivity index (χ3v) is 3.35. The van der Waals surface area contributed by atoms with Crippen LogP contribution in [0.4, 0.5) is 0 Å². The summed E-state index contributed by atoms with van der Waals surface area (Å²) in [5, 5.41) is 9.45. The van der Waals surface area contributed by atoms with Crippen LogP contribution in [0.15, 0.2) is 42.5 Å². The van der Waals surface area contributed by atoms with Crippen LogP contribution in [0.3, 0.4) is 0 Å². The molecule has 2 aromatic carbocycles. The van der Waals surface area contributed by atoms with E-state index in [0.29, 0.717) is 22.9 Å². The second-order valence-corrected chi connectivity index (χ2v) is 5.12. The van der Waals surface area contributed by atoms with E-state index in [1.165, 1.54) is 0 Å². The Morgan fingerprint density at radius 2 is 1.80 bits per heavy atom. The van der Waals surface area contributed by atoms with Gasteiger partial charge in [-0.2, -0.15) is 0 Å². The Kier molecular flexibility index (Phi) is 4.95. The average Bonchev–Trinajstić information content (AvgIpc) is 2.45. The monoisotopic (exact) mass is 307 g/mol. The van der Waals surface area contributed by atoms with Gasteiger partial charge < -0.3 is 15.6 Å². The van der Waals surface area contributed by atoms with Crippen LogP contribution in [0.1, 0.15) is 16.7 Å². The van der Waals surface area contributed by atoms with E-state index in [1.807, 2.05) is 24.3 Å². The van der Waals surface area contributed by atoms with Crippen LogP contribution in [-0.2, 0) is 13.2 Å². The second-order valence-electron chi connectivity index (χ2n) is 4.27. The minimum atomic E-state index is 0.0389. The van der Waals surface area contributed by atoms with Gasteiger partial charge in [0.25, 0.3) is 0 Å². The van der Waals surface area contributed by atoms with E-state index in [0.717, 1.165) is 11.1 Å². The molecular formula is C15H14ClNO2S. The largest absolute Gasteiger partial charge is 0.489 e. The number of rotatable bonds is 5. The number of hydrogen-bond acceptors (Lipinski definition) is 3. The van der Waals surface area contributed by atoms with Crippen LogP contribution in [-0.4, -0.2) is 10.1 Å². The average molecular weight is 308 g/mol. The fourth-order valence-electron chi connectivity index (χ4n) is 1.69. The third kappa shape index (κ3) is 3.70. The number of halogens is 1. The number of aliphatic hydroxyl groups excluding tert-OH is 1. The molecule has 0 aliphatic heterocycles. The van der Waals surface area contributed by atoms with Crippen LogP contribution in [0.5, 0.6) is 5.75 Å². The summed E-state index contributed by atoms with van der Waals surface area (Å²) in [6.07, 6.45) is 0. The summed E-state index contributed by atoms with van der Waals surface area (Å²) in [7, 11) is 0. The van der Waals surface area contributed by atoms with Gasteiger partial charge in [-0.25, -0.2) is 0 Å². The molecule has 0 radical (unpaired) electrons. The number of benzene rings is 2. The van der Waals surface area contributed by atoms with Crippen molar-refractivity contribution in [3.05, 3.63) is 64.2 Å². The first-order valence-corrected chi connectivity index (χ1v) is 6.79. The van der Waals surface area contributed by atoms with Crippen LogP contribution in [0.2, 0.25) is 5.02 Å². The van der Waals surface area contributed by atoms with Crippen molar-refractivity contribution >= 4 is 28.8 Å². The van der Waals surface area contributed by atoms with Crippen molar-refractivity contribution in [1.82, 2.24) is 0 Å². The Morgan fingerprint density at radius 1 is 1.15 bits per heavy atom. The number of aliphatic hydroxyl groups is 1. The van der Waals surface area contributed by atoms with Crippen molar-refractivity contribution in [3.8, 4) is 5.75 Å². The summed E-state index contributed by atoms with van der Waals surface area (Å²) in [5.41, 5.74) is 8.07. The molecule has 0 aliphatic rings. The van der Waals surface area contributed by atoms with Gasteiger partial charge in [-0.15, -0.1) is 0 Å². The van der Waals surface area contributed by atoms with E-state index in [4.69, 9.17) is 39.4 Å². The molecule has 0 saturated heterocycles. The molecule has 5 heteroatoms. The summed E-state index contributed by atoms with van der Waals surface area (Å²) in [4.78, 5) is 0.265. The topological polar surface area (TPSA) is 55.5 Å². The molecule has 0 atom stereocenters. The Balaban J connectivity index is 2.03. The van der Waals surface area contributed by atoms with Gasteiger partial charge in [0.05, 0.1) is 11.6 Å². The van der Waals surface area contributed by atoms with Crippen molar-refractivity contribution < 1.29 is 9.84 Å². The minimum absolute atomic E-state index is 0.0389. The molecule has 2 aromatic rings. The molecule has 3 N–H and O–H groups in total. The zero-order chi connectivity index (χ0) is 14.5. The highest BCUT2D eigenvalue weighted by molar-refractivity contribution is 7.80. The molecule has 0 heterocycles. The maximum absolute atomic E-state index is 8.97. The zero-order valence-corrected chi connectivity index (χ0v) is 12.2. The second kappa shape index (κ2) is 6.70. The molecule has 2 rings (SSSR count). The third-order valence-electron chi connectivity index (χ3n) is 2.82. The molecule has 0 amide bonds. The van der Waals surface area contributed by atoms with Gasteiger partial charge in [0, 0.05) is 5.56 Å². The van der Waals surface area contributed by atoms with E-state index in [1.54, 1.807) is 18.2 Å². The quantitative estimate of drug-likeness (QED) is 0.834. The fraction of sp³-hybridized carbons (Fsp3) is 0.133. The van der Waals surface area contributed by atoms with Gasteiger partial charge in [0.2, 0.25) is 0 Å². The van der Waals surface area contributed by atoms with Gasteiger partial charge in [-0.3, -0.25) is 0 Å². The van der Waals surface area contributed by atoms with Gasteiger partial charge in [-0.1, -0.05) is 48.1 Å². The SMILES string of the molecule is NC(=S)c1ccc(OCc2ccc(CO)cc2)cc1Cl. The number of ether oxygens (including phenoxy) is 1. The number of hydrogen-bond donors (Lipinski definition) is 2. The van der Waals surface area contributed by atoms with Crippen LogP contribution in [0, 0.1) is 0 Å². The summed E-state index contributed by atoms with van der Waals surface area (Å²) < 4.78 is 5.65. The van der Waals surface area contributed by atoms with E-state index >= 15 is 0 Å². The van der Waals surface area contributed by atoms with Crippen LogP contribution >= 0.6 is 23.8 Å². The van der Waals surface area contributed by atoms with Gasteiger partial charge in [0.15, 0.2) is 0 Å². The normalized spacial score (nSPS) is 10.3. The lowest BCUT2D eigenvalue weighted by atomic mass is 10.1. The first-order valence-electron chi connectivity index (χ1n) is 6.01. The van der Waals surface area contributed by atoms with Crippen LogP contribution in [0.25, 0.3) is 0 Å². The maximum atomic E-state index is 8.97. The number of nitrogens with two attached hydrogens (primary N) is 1. The highest BCUT2D eigenvalue weighted by Gasteiger charge is 2.05. The maximum Gasteiger partial charge on any atom is 0.121 e. The lowest BCUT2D eigenvalue weighted by molar-refractivity contribution is 0.281. The fourth-order valence-corrected chi connectivity index (χ4v) is 2.20. The zero-order valence-electron chi connectivity index (χ0n) is 10.7. The molecule has 3 nitrogen and oxygen atoms in total. The van der Waals surface area contributed by atoms with Gasteiger partial charge >= 0.3 is 0 Å². The molecule has 0 aliphatic carbocycles. The Hall–Kier alpha value is -1.62. The molecule has 0 saturated carbocycles. The van der Waals surface area contributed by atoms with Gasteiger partial charge in [-0.05, 0) is 29.3 Å². The highest BCUT2D eigenvalue weighted by Crippen LogP contribution is 2.23. The lowest BCUT2D eigenvalue weighted by Gasteiger charge is -2.09. The molecule has 0 aromatic heterocycles. The summed E-state index contributed by atoms with van der Waals surface area (Å²) >= 11 is 11.0. The molecular weight excluding hydrogens is 294 g/mol. The summed E-state index contributed by atoms with van der Waals surface area (Å²) in [6.45, 7) is 0.464. The Labute approximate surface area is 127 Å². The molecule has 20 heavy (non-hydrogen) atoms. The minimum Gasteiger partial charge on any atom is -0.489 e. The lowest BCUT2D eigenvalue weighted by Crippen LogP contribution is -2.09. The van der Waals surface area contributed by atoms with E-state index in [-0.39, 0.29) is 11.6 Å². The van der Waals surface area contributed by atoms with E-state index in [9.17, 15) is 0 Å². The predicted octanol–water partition coefficient (Wildman–Crippen LogP) is 3.05. The Bertz CT molecular complexity index is 614. The predicted molar refractivity (Wildman–Crippen MR) is 84.0 cm³/mol. The molecule has 0 bridgehead atoms. The molecule has 0 unspecified atom stereocenters. The van der Waals surface area contributed by atoms with Gasteiger partial charge in [0.1, 0.15) is 17.3 Å². The summed E-state index contributed by atoms with van der Waals surface area (Å²) in [6, 6.07) is 12.8. The van der Waals surface area contributed by atoms with Crippen molar-refractivity contribution in [2.45, 2.75) is 13.2 Å². The van der Waals surface area contributed by atoms with Crippen molar-refractivity contribution in [2.75, 3.05) is 0 Å². The van der Waals surface area contributed by atoms with Crippen molar-refractivity contribution in [2.24, 2.45) is 5.73 Å². The standard InChI is InChI=1S/C15H14ClNO2S/c16-14-7-12(5-6-13(14)15(17)20)19-9-11-3-1-10(8-18)2-4-11/h1-7,18H,8-9H2,(H2,17,20). The first-order chi connectivity index (χ1) is 9.60. The van der Waals surface area contributed by atoms with Crippen LogP contribution < -0.4 is 10.5 Å². The first kappa shape index (κ1) is 14.8. The van der Waals surface area contributed by atoms with E-state index < -0.39 is 0 Å². The van der Waals surface area contributed by atoms with E-state index in [2.05, 4.69) is 0 Å².